The summed E-state index contributed by atoms with van der Waals surface area (Å²) < 4.78 is 1.76. The highest BCUT2D eigenvalue weighted by Crippen LogP contribution is 2.37. The highest BCUT2D eigenvalue weighted by molar-refractivity contribution is 7.99. The maximum Gasteiger partial charge on any atom is 0.186 e. The van der Waals surface area contributed by atoms with Gasteiger partial charge in [0.05, 0.1) is 6.61 Å². The van der Waals surface area contributed by atoms with E-state index in [4.69, 9.17) is 10.8 Å². The summed E-state index contributed by atoms with van der Waals surface area (Å²) in [6.45, 7) is 0.0723. The van der Waals surface area contributed by atoms with Gasteiger partial charge in [0.1, 0.15) is 6.33 Å². The SMILES string of the molecule is Cn1ncnc1SC1CCC(N)(CO)C1. The van der Waals surface area contributed by atoms with Crippen molar-refractivity contribution in [3.63, 3.8) is 0 Å². The number of hydrogen-bond donors (Lipinski definition) is 2. The number of aromatic nitrogens is 3. The zero-order valence-corrected chi connectivity index (χ0v) is 9.57. The Morgan fingerprint density at radius 2 is 2.60 bits per heavy atom. The number of thioether (sulfide) groups is 1. The molecule has 1 fully saturated rings. The van der Waals surface area contributed by atoms with Gasteiger partial charge in [0.2, 0.25) is 0 Å². The fraction of sp³-hybridized carbons (Fsp3) is 0.778. The van der Waals surface area contributed by atoms with Gasteiger partial charge in [-0.25, -0.2) is 9.67 Å². The van der Waals surface area contributed by atoms with Crippen LogP contribution in [-0.2, 0) is 7.05 Å². The summed E-state index contributed by atoms with van der Waals surface area (Å²) in [5.74, 6) is 0. The molecule has 1 aromatic heterocycles. The first-order valence-corrected chi connectivity index (χ1v) is 5.91. The van der Waals surface area contributed by atoms with Crippen LogP contribution in [-0.4, -0.2) is 37.3 Å². The molecule has 1 aliphatic rings. The first-order chi connectivity index (χ1) is 7.13. The van der Waals surface area contributed by atoms with Gasteiger partial charge >= 0.3 is 0 Å². The van der Waals surface area contributed by atoms with E-state index in [1.807, 2.05) is 7.05 Å². The fourth-order valence-corrected chi connectivity index (χ4v) is 3.15. The molecule has 0 aromatic carbocycles. The van der Waals surface area contributed by atoms with Crippen LogP contribution in [0.1, 0.15) is 19.3 Å². The number of aliphatic hydroxyl groups excluding tert-OH is 1. The highest BCUT2D eigenvalue weighted by Gasteiger charge is 2.36. The van der Waals surface area contributed by atoms with E-state index in [2.05, 4.69) is 10.1 Å². The van der Waals surface area contributed by atoms with E-state index in [0.717, 1.165) is 24.4 Å². The molecular formula is C9H16N4OS. The summed E-state index contributed by atoms with van der Waals surface area (Å²) >= 11 is 1.70. The number of nitrogens with two attached hydrogens (primary N) is 1. The van der Waals surface area contributed by atoms with Gasteiger partial charge in [-0.2, -0.15) is 5.10 Å². The Bertz CT molecular complexity index is 343. The van der Waals surface area contributed by atoms with Crippen molar-refractivity contribution in [3.8, 4) is 0 Å². The van der Waals surface area contributed by atoms with Crippen molar-refractivity contribution in [1.29, 1.82) is 0 Å². The zero-order valence-electron chi connectivity index (χ0n) is 8.76. The van der Waals surface area contributed by atoms with Crippen LogP contribution in [0.5, 0.6) is 0 Å². The van der Waals surface area contributed by atoms with Gasteiger partial charge in [-0.3, -0.25) is 0 Å². The monoisotopic (exact) mass is 228 g/mol. The summed E-state index contributed by atoms with van der Waals surface area (Å²) in [6.07, 6.45) is 4.33. The summed E-state index contributed by atoms with van der Waals surface area (Å²) in [6, 6.07) is 0. The van der Waals surface area contributed by atoms with E-state index in [1.165, 1.54) is 0 Å². The predicted molar refractivity (Wildman–Crippen MR) is 58.5 cm³/mol. The third-order valence-corrected chi connectivity index (χ3v) is 4.17. The van der Waals surface area contributed by atoms with Crippen LogP contribution < -0.4 is 5.73 Å². The fourth-order valence-electron chi connectivity index (χ4n) is 1.89. The van der Waals surface area contributed by atoms with E-state index >= 15 is 0 Å². The molecule has 6 heteroatoms. The molecule has 2 atom stereocenters. The van der Waals surface area contributed by atoms with E-state index in [-0.39, 0.29) is 12.1 Å². The molecule has 15 heavy (non-hydrogen) atoms. The Morgan fingerprint density at radius 1 is 1.80 bits per heavy atom. The number of hydrogen-bond acceptors (Lipinski definition) is 5. The molecule has 1 aliphatic carbocycles. The molecule has 2 unspecified atom stereocenters. The van der Waals surface area contributed by atoms with Gasteiger partial charge in [-0.15, -0.1) is 0 Å². The van der Waals surface area contributed by atoms with Crippen molar-refractivity contribution in [2.45, 2.75) is 35.2 Å². The maximum atomic E-state index is 9.16. The largest absolute Gasteiger partial charge is 0.394 e. The summed E-state index contributed by atoms with van der Waals surface area (Å²) in [5.41, 5.74) is 5.63. The molecule has 84 valence electrons. The van der Waals surface area contributed by atoms with E-state index < -0.39 is 0 Å². The van der Waals surface area contributed by atoms with Crippen molar-refractivity contribution in [2.75, 3.05) is 6.61 Å². The smallest absolute Gasteiger partial charge is 0.186 e. The Kier molecular flexibility index (Phi) is 2.99. The van der Waals surface area contributed by atoms with Crippen molar-refractivity contribution < 1.29 is 5.11 Å². The van der Waals surface area contributed by atoms with E-state index in [9.17, 15) is 0 Å². The van der Waals surface area contributed by atoms with Crippen LogP contribution in [0.3, 0.4) is 0 Å². The lowest BCUT2D eigenvalue weighted by Gasteiger charge is -2.20. The van der Waals surface area contributed by atoms with E-state index in [0.29, 0.717) is 5.25 Å². The Balaban J connectivity index is 1.96. The van der Waals surface area contributed by atoms with Gasteiger partial charge < -0.3 is 10.8 Å². The average molecular weight is 228 g/mol. The van der Waals surface area contributed by atoms with Gasteiger partial charge in [-0.05, 0) is 19.3 Å². The number of nitrogens with zero attached hydrogens (tertiary/aromatic N) is 3. The number of rotatable bonds is 3. The highest BCUT2D eigenvalue weighted by atomic mass is 32.2. The molecule has 0 amide bonds. The number of aliphatic hydroxyl groups is 1. The van der Waals surface area contributed by atoms with Gasteiger partial charge in [0.15, 0.2) is 5.16 Å². The van der Waals surface area contributed by atoms with Crippen LogP contribution in [0.2, 0.25) is 0 Å². The zero-order chi connectivity index (χ0) is 10.9. The average Bonchev–Trinajstić information content (AvgIpc) is 2.77. The van der Waals surface area contributed by atoms with Crippen LogP contribution in [0, 0.1) is 0 Å². The third-order valence-electron chi connectivity index (χ3n) is 2.86. The first-order valence-electron chi connectivity index (χ1n) is 5.03. The second-order valence-electron chi connectivity index (χ2n) is 4.17. The van der Waals surface area contributed by atoms with Crippen molar-refractivity contribution in [1.82, 2.24) is 14.8 Å². The molecule has 1 saturated carbocycles. The normalized spacial score (nSPS) is 31.0. The summed E-state index contributed by atoms with van der Waals surface area (Å²) in [5, 5.41) is 14.5. The Labute approximate surface area is 93.1 Å². The lowest BCUT2D eigenvalue weighted by Crippen LogP contribution is -2.40. The summed E-state index contributed by atoms with van der Waals surface area (Å²) in [4.78, 5) is 4.16. The topological polar surface area (TPSA) is 77.0 Å². The molecule has 3 N–H and O–H groups in total. The van der Waals surface area contributed by atoms with Crippen LogP contribution in [0.4, 0.5) is 0 Å². The minimum absolute atomic E-state index is 0.0723. The van der Waals surface area contributed by atoms with Gasteiger partial charge in [0.25, 0.3) is 0 Å². The quantitative estimate of drug-likeness (QED) is 0.770. The second kappa shape index (κ2) is 4.11. The molecule has 0 spiro atoms. The van der Waals surface area contributed by atoms with Gasteiger partial charge in [-0.1, -0.05) is 11.8 Å². The minimum Gasteiger partial charge on any atom is -0.394 e. The molecule has 0 radical (unpaired) electrons. The molecule has 0 bridgehead atoms. The Hall–Kier alpha value is -0.590. The molecule has 5 nitrogen and oxygen atoms in total. The standard InChI is InChI=1S/C9H16N4OS/c1-13-8(11-6-12-13)15-7-2-3-9(10,4-7)5-14/h6-7,14H,2-5,10H2,1H3. The molecular weight excluding hydrogens is 212 g/mol. The van der Waals surface area contributed by atoms with Crippen LogP contribution in [0.25, 0.3) is 0 Å². The van der Waals surface area contributed by atoms with Crippen molar-refractivity contribution in [2.24, 2.45) is 12.8 Å². The molecule has 2 rings (SSSR count). The second-order valence-corrected chi connectivity index (χ2v) is 5.44. The van der Waals surface area contributed by atoms with Crippen LogP contribution in [0.15, 0.2) is 11.5 Å². The predicted octanol–water partition coefficient (Wildman–Crippen LogP) is 0.150. The Morgan fingerprint density at radius 3 is 3.13 bits per heavy atom. The summed E-state index contributed by atoms with van der Waals surface area (Å²) in [7, 11) is 1.88. The first kappa shape index (κ1) is 10.9. The molecule has 1 aromatic rings. The van der Waals surface area contributed by atoms with Crippen molar-refractivity contribution in [3.05, 3.63) is 6.33 Å². The number of aryl methyl sites for hydroxylation is 1. The van der Waals surface area contributed by atoms with E-state index in [1.54, 1.807) is 22.8 Å². The van der Waals surface area contributed by atoms with Crippen LogP contribution >= 0.6 is 11.8 Å². The molecule has 0 aliphatic heterocycles. The maximum absolute atomic E-state index is 9.16. The molecule has 1 heterocycles. The van der Waals surface area contributed by atoms with Crippen molar-refractivity contribution >= 4 is 11.8 Å². The molecule has 0 saturated heterocycles. The minimum atomic E-state index is -0.379. The third kappa shape index (κ3) is 2.32. The lowest BCUT2D eigenvalue weighted by atomic mass is 10.0. The lowest BCUT2D eigenvalue weighted by molar-refractivity contribution is 0.200. The van der Waals surface area contributed by atoms with Gasteiger partial charge in [0, 0.05) is 17.8 Å².